The molecule has 6 nitrogen and oxygen atoms in total. The summed E-state index contributed by atoms with van der Waals surface area (Å²) in [5.74, 6) is -0.0241. The topological polar surface area (TPSA) is 98.3 Å². The van der Waals surface area contributed by atoms with Crippen LogP contribution in [0.25, 0.3) is 0 Å². The lowest BCUT2D eigenvalue weighted by molar-refractivity contribution is -0.384. The Balaban J connectivity index is 2.92. The predicted molar refractivity (Wildman–Crippen MR) is 78.8 cm³/mol. The number of nitro groups is 1. The number of rotatable bonds is 7. The van der Waals surface area contributed by atoms with Gasteiger partial charge in [-0.05, 0) is 37.8 Å². The first-order valence-corrected chi connectivity index (χ1v) is 6.66. The van der Waals surface area contributed by atoms with Crippen molar-refractivity contribution in [2.75, 3.05) is 5.32 Å². The average Bonchev–Trinajstić information content (AvgIpc) is 2.35. The van der Waals surface area contributed by atoms with Gasteiger partial charge >= 0.3 is 0 Å². The van der Waals surface area contributed by atoms with E-state index in [1.807, 2.05) is 6.92 Å². The summed E-state index contributed by atoms with van der Waals surface area (Å²) in [5.41, 5.74) is 5.75. The van der Waals surface area contributed by atoms with Crippen LogP contribution in [0.3, 0.4) is 0 Å². The standard InChI is InChI=1S/C14H21N3O3/c1-9(2)4-5-10(3)16-12-8-11(14(15)18)6-7-13(12)17(19)20/h6-10,16H,4-5H2,1-3H3,(H2,15,18). The van der Waals surface area contributed by atoms with Gasteiger partial charge in [0.1, 0.15) is 5.69 Å². The second-order valence-corrected chi connectivity index (χ2v) is 5.37. The summed E-state index contributed by atoms with van der Waals surface area (Å²) < 4.78 is 0. The summed E-state index contributed by atoms with van der Waals surface area (Å²) in [7, 11) is 0. The number of primary amides is 1. The van der Waals surface area contributed by atoms with Crippen LogP contribution in [0, 0.1) is 16.0 Å². The van der Waals surface area contributed by atoms with Crippen molar-refractivity contribution in [3.05, 3.63) is 33.9 Å². The fourth-order valence-corrected chi connectivity index (χ4v) is 1.89. The Morgan fingerprint density at radius 2 is 2.00 bits per heavy atom. The lowest BCUT2D eigenvalue weighted by Gasteiger charge is -2.16. The zero-order chi connectivity index (χ0) is 15.3. The van der Waals surface area contributed by atoms with Crippen molar-refractivity contribution in [1.82, 2.24) is 0 Å². The minimum absolute atomic E-state index is 0.0496. The number of hydrogen-bond acceptors (Lipinski definition) is 4. The Labute approximate surface area is 118 Å². The lowest BCUT2D eigenvalue weighted by Crippen LogP contribution is -2.18. The number of hydrogen-bond donors (Lipinski definition) is 2. The third kappa shape index (κ3) is 4.53. The number of anilines is 1. The second-order valence-electron chi connectivity index (χ2n) is 5.37. The second kappa shape index (κ2) is 6.88. The van der Waals surface area contributed by atoms with Gasteiger partial charge in [-0.3, -0.25) is 14.9 Å². The van der Waals surface area contributed by atoms with E-state index in [-0.39, 0.29) is 17.3 Å². The molecule has 0 spiro atoms. The van der Waals surface area contributed by atoms with Crippen LogP contribution in [0.5, 0.6) is 0 Å². The number of nitrogens with one attached hydrogen (secondary N) is 1. The van der Waals surface area contributed by atoms with Crippen LogP contribution in [0.2, 0.25) is 0 Å². The van der Waals surface area contributed by atoms with Crippen molar-refractivity contribution in [2.24, 2.45) is 11.7 Å². The minimum Gasteiger partial charge on any atom is -0.377 e. The molecule has 6 heteroatoms. The van der Waals surface area contributed by atoms with E-state index in [4.69, 9.17) is 5.73 Å². The largest absolute Gasteiger partial charge is 0.377 e. The van der Waals surface area contributed by atoms with Gasteiger partial charge in [-0.15, -0.1) is 0 Å². The van der Waals surface area contributed by atoms with Gasteiger partial charge in [0.15, 0.2) is 0 Å². The minimum atomic E-state index is -0.599. The quantitative estimate of drug-likeness (QED) is 0.592. The van der Waals surface area contributed by atoms with Crippen LogP contribution in [0.4, 0.5) is 11.4 Å². The highest BCUT2D eigenvalue weighted by molar-refractivity contribution is 5.94. The average molecular weight is 279 g/mol. The SMILES string of the molecule is CC(C)CCC(C)Nc1cc(C(N)=O)ccc1[N+](=O)[O-]. The number of benzene rings is 1. The molecule has 1 amide bonds. The number of amides is 1. The maximum absolute atomic E-state index is 11.2. The zero-order valence-electron chi connectivity index (χ0n) is 12.1. The van der Waals surface area contributed by atoms with Gasteiger partial charge in [-0.1, -0.05) is 13.8 Å². The maximum atomic E-state index is 11.2. The van der Waals surface area contributed by atoms with Crippen LogP contribution in [0.1, 0.15) is 44.0 Å². The van der Waals surface area contributed by atoms with Gasteiger partial charge in [0.2, 0.25) is 5.91 Å². The van der Waals surface area contributed by atoms with Crippen LogP contribution in [-0.4, -0.2) is 16.9 Å². The summed E-state index contributed by atoms with van der Waals surface area (Å²) in [6.45, 7) is 6.22. The van der Waals surface area contributed by atoms with E-state index >= 15 is 0 Å². The van der Waals surface area contributed by atoms with E-state index < -0.39 is 10.8 Å². The van der Waals surface area contributed by atoms with E-state index in [2.05, 4.69) is 19.2 Å². The summed E-state index contributed by atoms with van der Waals surface area (Å²) in [4.78, 5) is 21.7. The number of carbonyl (C=O) groups excluding carboxylic acids is 1. The van der Waals surface area contributed by atoms with Crippen molar-refractivity contribution in [3.63, 3.8) is 0 Å². The Hall–Kier alpha value is -2.11. The number of nitrogens with two attached hydrogens (primary N) is 1. The van der Waals surface area contributed by atoms with Gasteiger partial charge in [-0.25, -0.2) is 0 Å². The molecule has 1 unspecified atom stereocenters. The molecule has 0 saturated carbocycles. The molecule has 0 aliphatic rings. The number of nitrogens with zero attached hydrogens (tertiary/aromatic N) is 1. The molecule has 0 aromatic heterocycles. The number of carbonyl (C=O) groups is 1. The Morgan fingerprint density at radius 3 is 2.50 bits per heavy atom. The first kappa shape index (κ1) is 15.9. The molecule has 1 aromatic carbocycles. The van der Waals surface area contributed by atoms with Crippen molar-refractivity contribution >= 4 is 17.3 Å². The van der Waals surface area contributed by atoms with Crippen molar-refractivity contribution in [3.8, 4) is 0 Å². The van der Waals surface area contributed by atoms with Gasteiger partial charge in [0, 0.05) is 17.7 Å². The van der Waals surface area contributed by atoms with Crippen molar-refractivity contribution < 1.29 is 9.72 Å². The third-order valence-electron chi connectivity index (χ3n) is 3.06. The molecule has 20 heavy (non-hydrogen) atoms. The highest BCUT2D eigenvalue weighted by Gasteiger charge is 2.17. The molecule has 110 valence electrons. The van der Waals surface area contributed by atoms with Crippen LogP contribution in [0.15, 0.2) is 18.2 Å². The molecular weight excluding hydrogens is 258 g/mol. The lowest BCUT2D eigenvalue weighted by atomic mass is 10.0. The van der Waals surface area contributed by atoms with Crippen LogP contribution in [-0.2, 0) is 0 Å². The molecule has 0 radical (unpaired) electrons. The monoisotopic (exact) mass is 279 g/mol. The normalized spacial score (nSPS) is 12.2. The van der Waals surface area contributed by atoms with E-state index in [0.717, 1.165) is 12.8 Å². The summed E-state index contributed by atoms with van der Waals surface area (Å²) in [6, 6.07) is 4.19. The summed E-state index contributed by atoms with van der Waals surface area (Å²) >= 11 is 0. The van der Waals surface area contributed by atoms with Gasteiger partial charge in [0.05, 0.1) is 4.92 Å². The van der Waals surface area contributed by atoms with E-state index in [0.29, 0.717) is 11.6 Å². The van der Waals surface area contributed by atoms with Crippen molar-refractivity contribution in [1.29, 1.82) is 0 Å². The van der Waals surface area contributed by atoms with E-state index in [1.165, 1.54) is 18.2 Å². The molecule has 0 fully saturated rings. The fourth-order valence-electron chi connectivity index (χ4n) is 1.89. The molecule has 3 N–H and O–H groups in total. The predicted octanol–water partition coefficient (Wildman–Crippen LogP) is 2.93. The molecule has 0 aliphatic heterocycles. The Morgan fingerprint density at radius 1 is 1.35 bits per heavy atom. The van der Waals surface area contributed by atoms with Crippen LogP contribution < -0.4 is 11.1 Å². The number of nitro benzene ring substituents is 1. The molecule has 1 atom stereocenters. The van der Waals surface area contributed by atoms with Crippen LogP contribution >= 0.6 is 0 Å². The van der Waals surface area contributed by atoms with E-state index in [9.17, 15) is 14.9 Å². The van der Waals surface area contributed by atoms with Gasteiger partial charge in [0.25, 0.3) is 5.69 Å². The maximum Gasteiger partial charge on any atom is 0.292 e. The summed E-state index contributed by atoms with van der Waals surface area (Å²) in [5, 5.41) is 14.1. The van der Waals surface area contributed by atoms with Crippen molar-refractivity contribution in [2.45, 2.75) is 39.7 Å². The molecule has 0 heterocycles. The van der Waals surface area contributed by atoms with Gasteiger partial charge in [-0.2, -0.15) is 0 Å². The van der Waals surface area contributed by atoms with Gasteiger partial charge < -0.3 is 11.1 Å². The molecule has 0 saturated heterocycles. The zero-order valence-corrected chi connectivity index (χ0v) is 12.1. The highest BCUT2D eigenvalue weighted by atomic mass is 16.6. The fraction of sp³-hybridized carbons (Fsp3) is 0.500. The highest BCUT2D eigenvalue weighted by Crippen LogP contribution is 2.26. The third-order valence-corrected chi connectivity index (χ3v) is 3.06. The molecule has 1 rings (SSSR count). The smallest absolute Gasteiger partial charge is 0.292 e. The molecule has 1 aromatic rings. The molecular formula is C14H21N3O3. The summed E-state index contributed by atoms with van der Waals surface area (Å²) in [6.07, 6.45) is 1.92. The molecule has 0 aliphatic carbocycles. The first-order valence-electron chi connectivity index (χ1n) is 6.66. The van der Waals surface area contributed by atoms with E-state index in [1.54, 1.807) is 0 Å². The Kier molecular flexibility index (Phi) is 5.49. The molecule has 0 bridgehead atoms. The Bertz CT molecular complexity index is 500. The first-order chi connectivity index (χ1) is 9.31.